The number of aromatic nitrogens is 1. The molecule has 1 amide bonds. The van der Waals surface area contributed by atoms with Crippen molar-refractivity contribution >= 4 is 28.4 Å². The fraction of sp³-hybridized carbons (Fsp3) is 0.231. The highest BCUT2D eigenvalue weighted by Crippen LogP contribution is 2.23. The molecule has 1 aromatic carbocycles. The third-order valence-electron chi connectivity index (χ3n) is 2.52. The van der Waals surface area contributed by atoms with Gasteiger partial charge in [0.25, 0.3) is 0 Å². The van der Waals surface area contributed by atoms with Crippen LogP contribution >= 0.6 is 11.6 Å². The molecule has 1 atom stereocenters. The molecule has 1 unspecified atom stereocenters. The van der Waals surface area contributed by atoms with Gasteiger partial charge in [-0.2, -0.15) is 0 Å². The number of nitrogens with one attached hydrogen (secondary N) is 1. The van der Waals surface area contributed by atoms with Crippen molar-refractivity contribution in [2.24, 2.45) is 0 Å². The predicted molar refractivity (Wildman–Crippen MR) is 69.0 cm³/mol. The summed E-state index contributed by atoms with van der Waals surface area (Å²) in [5.74, 6) is -0.0712. The first-order valence-electron chi connectivity index (χ1n) is 5.40. The van der Waals surface area contributed by atoms with Crippen LogP contribution in [0.1, 0.15) is 17.9 Å². The van der Waals surface area contributed by atoms with Crippen LogP contribution in [0.2, 0.25) is 0 Å². The summed E-state index contributed by atoms with van der Waals surface area (Å²) >= 11 is 6.22. The topological polar surface area (TPSA) is 42.0 Å². The monoisotopic (exact) mass is 248 g/mol. The Labute approximate surface area is 105 Å². The summed E-state index contributed by atoms with van der Waals surface area (Å²) in [5.41, 5.74) is 1.93. The number of fused-ring (bicyclic) bond motifs is 1. The number of halogens is 1. The van der Waals surface area contributed by atoms with Gasteiger partial charge in [0.05, 0.1) is 10.9 Å². The Bertz CT molecular complexity index is 542. The van der Waals surface area contributed by atoms with Gasteiger partial charge in [-0.3, -0.25) is 9.78 Å². The zero-order chi connectivity index (χ0) is 12.3. The molecular weight excluding hydrogens is 236 g/mol. The molecule has 1 aromatic heterocycles. The fourth-order valence-electron chi connectivity index (χ4n) is 1.64. The van der Waals surface area contributed by atoms with Crippen molar-refractivity contribution in [3.05, 3.63) is 42.1 Å². The SMILES string of the molecule is CC(=O)NCC(Cl)c1ccc2ncccc2c1. The Kier molecular flexibility index (Phi) is 3.59. The second-order valence-electron chi connectivity index (χ2n) is 3.86. The summed E-state index contributed by atoms with van der Waals surface area (Å²) in [6.45, 7) is 1.91. The van der Waals surface area contributed by atoms with Crippen molar-refractivity contribution in [1.29, 1.82) is 0 Å². The van der Waals surface area contributed by atoms with E-state index in [-0.39, 0.29) is 11.3 Å². The van der Waals surface area contributed by atoms with E-state index in [1.54, 1.807) is 6.20 Å². The van der Waals surface area contributed by atoms with Crippen LogP contribution in [0.5, 0.6) is 0 Å². The number of rotatable bonds is 3. The zero-order valence-electron chi connectivity index (χ0n) is 9.48. The van der Waals surface area contributed by atoms with Gasteiger partial charge < -0.3 is 5.32 Å². The maximum atomic E-state index is 10.8. The first-order valence-corrected chi connectivity index (χ1v) is 5.83. The lowest BCUT2D eigenvalue weighted by atomic mass is 10.1. The van der Waals surface area contributed by atoms with E-state index in [0.29, 0.717) is 6.54 Å². The van der Waals surface area contributed by atoms with Crippen LogP contribution in [0.4, 0.5) is 0 Å². The summed E-state index contributed by atoms with van der Waals surface area (Å²) in [7, 11) is 0. The molecular formula is C13H13ClN2O. The molecule has 17 heavy (non-hydrogen) atoms. The average Bonchev–Trinajstić information content (AvgIpc) is 2.35. The molecule has 2 rings (SSSR count). The van der Waals surface area contributed by atoms with Gasteiger partial charge in [0, 0.05) is 25.1 Å². The summed E-state index contributed by atoms with van der Waals surface area (Å²) in [6, 6.07) is 9.77. The third kappa shape index (κ3) is 2.94. The number of hydrogen-bond donors (Lipinski definition) is 1. The Balaban J connectivity index is 2.20. The smallest absolute Gasteiger partial charge is 0.216 e. The van der Waals surface area contributed by atoms with Gasteiger partial charge in [0.1, 0.15) is 0 Å². The van der Waals surface area contributed by atoms with Crippen LogP contribution in [-0.2, 0) is 4.79 Å². The van der Waals surface area contributed by atoms with Gasteiger partial charge in [0.2, 0.25) is 5.91 Å². The number of hydrogen-bond acceptors (Lipinski definition) is 2. The van der Waals surface area contributed by atoms with Gasteiger partial charge in [0.15, 0.2) is 0 Å². The van der Waals surface area contributed by atoms with Crippen LogP contribution in [0.25, 0.3) is 10.9 Å². The Hall–Kier alpha value is -1.61. The molecule has 0 saturated heterocycles. The molecule has 0 aliphatic rings. The molecule has 0 aliphatic carbocycles. The van der Waals surface area contributed by atoms with Crippen LogP contribution in [0, 0.1) is 0 Å². The zero-order valence-corrected chi connectivity index (χ0v) is 10.2. The number of carbonyl (C=O) groups is 1. The Morgan fingerprint density at radius 2 is 2.29 bits per heavy atom. The summed E-state index contributed by atoms with van der Waals surface area (Å²) in [5, 5.41) is 3.54. The van der Waals surface area contributed by atoms with Gasteiger partial charge in [-0.25, -0.2) is 0 Å². The Morgan fingerprint density at radius 3 is 3.06 bits per heavy atom. The lowest BCUT2D eigenvalue weighted by molar-refractivity contribution is -0.118. The molecule has 0 spiro atoms. The van der Waals surface area contributed by atoms with E-state index in [1.165, 1.54) is 6.92 Å². The summed E-state index contributed by atoms with van der Waals surface area (Å²) in [4.78, 5) is 15.1. The van der Waals surface area contributed by atoms with E-state index < -0.39 is 0 Å². The summed E-state index contributed by atoms with van der Waals surface area (Å²) in [6.07, 6.45) is 1.76. The molecule has 0 radical (unpaired) electrons. The second-order valence-corrected chi connectivity index (χ2v) is 4.39. The van der Waals surface area contributed by atoms with Crippen molar-refractivity contribution in [1.82, 2.24) is 10.3 Å². The van der Waals surface area contributed by atoms with Gasteiger partial charge in [-0.1, -0.05) is 12.1 Å². The van der Waals surface area contributed by atoms with Crippen molar-refractivity contribution in [2.45, 2.75) is 12.3 Å². The first-order chi connectivity index (χ1) is 8.16. The van der Waals surface area contributed by atoms with Crippen molar-refractivity contribution in [3.8, 4) is 0 Å². The predicted octanol–water partition coefficient (Wildman–Crippen LogP) is 2.65. The first kappa shape index (κ1) is 11.9. The average molecular weight is 249 g/mol. The number of carbonyl (C=O) groups excluding carboxylic acids is 1. The number of benzene rings is 1. The number of nitrogens with zero attached hydrogens (tertiary/aromatic N) is 1. The van der Waals surface area contributed by atoms with Crippen LogP contribution in [0.3, 0.4) is 0 Å². The highest BCUT2D eigenvalue weighted by Gasteiger charge is 2.08. The van der Waals surface area contributed by atoms with E-state index in [9.17, 15) is 4.79 Å². The van der Waals surface area contributed by atoms with E-state index >= 15 is 0 Å². The third-order valence-corrected chi connectivity index (χ3v) is 2.93. The molecule has 2 aromatic rings. The molecule has 1 heterocycles. The summed E-state index contributed by atoms with van der Waals surface area (Å²) < 4.78 is 0. The molecule has 0 fully saturated rings. The second kappa shape index (κ2) is 5.15. The molecule has 0 aliphatic heterocycles. The number of pyridine rings is 1. The van der Waals surface area contributed by atoms with Crippen molar-refractivity contribution in [3.63, 3.8) is 0 Å². The standard InChI is InChI=1S/C13H13ClN2O/c1-9(17)16-8-12(14)10-4-5-13-11(7-10)3-2-6-15-13/h2-7,12H,8H2,1H3,(H,16,17). The van der Waals surface area contributed by atoms with Crippen LogP contribution in [-0.4, -0.2) is 17.4 Å². The molecule has 88 valence electrons. The Morgan fingerprint density at radius 1 is 1.47 bits per heavy atom. The lowest BCUT2D eigenvalue weighted by Crippen LogP contribution is -2.23. The van der Waals surface area contributed by atoms with E-state index in [4.69, 9.17) is 11.6 Å². The van der Waals surface area contributed by atoms with Gasteiger partial charge in [-0.05, 0) is 23.8 Å². The fourth-order valence-corrected chi connectivity index (χ4v) is 1.85. The number of alkyl halides is 1. The minimum atomic E-state index is -0.219. The maximum Gasteiger partial charge on any atom is 0.216 e. The molecule has 0 bridgehead atoms. The highest BCUT2D eigenvalue weighted by molar-refractivity contribution is 6.21. The largest absolute Gasteiger partial charge is 0.355 e. The number of amides is 1. The molecule has 4 heteroatoms. The van der Waals surface area contributed by atoms with E-state index in [0.717, 1.165) is 16.5 Å². The van der Waals surface area contributed by atoms with Crippen molar-refractivity contribution in [2.75, 3.05) is 6.54 Å². The van der Waals surface area contributed by atoms with E-state index in [1.807, 2.05) is 30.3 Å². The van der Waals surface area contributed by atoms with Crippen LogP contribution < -0.4 is 5.32 Å². The highest BCUT2D eigenvalue weighted by atomic mass is 35.5. The minimum Gasteiger partial charge on any atom is -0.355 e. The van der Waals surface area contributed by atoms with Gasteiger partial charge in [-0.15, -0.1) is 11.6 Å². The van der Waals surface area contributed by atoms with Crippen LogP contribution in [0.15, 0.2) is 36.5 Å². The molecule has 0 saturated carbocycles. The minimum absolute atomic E-state index is 0.0712. The quantitative estimate of drug-likeness (QED) is 0.849. The lowest BCUT2D eigenvalue weighted by Gasteiger charge is -2.10. The van der Waals surface area contributed by atoms with E-state index in [2.05, 4.69) is 10.3 Å². The van der Waals surface area contributed by atoms with Gasteiger partial charge >= 0.3 is 0 Å². The molecule has 3 nitrogen and oxygen atoms in total. The van der Waals surface area contributed by atoms with Crippen molar-refractivity contribution < 1.29 is 4.79 Å². The molecule has 1 N–H and O–H groups in total. The normalized spacial score (nSPS) is 12.4. The maximum absolute atomic E-state index is 10.8.